The lowest BCUT2D eigenvalue weighted by Gasteiger charge is -2.29. The van der Waals surface area contributed by atoms with Crippen molar-refractivity contribution < 1.29 is 37.1 Å². The maximum absolute atomic E-state index is 14.9. The summed E-state index contributed by atoms with van der Waals surface area (Å²) in [7, 11) is 1.70. The van der Waals surface area contributed by atoms with Crippen LogP contribution in [-0.4, -0.2) is 86.7 Å². The first-order valence-electron chi connectivity index (χ1n) is 18.5. The van der Waals surface area contributed by atoms with Crippen LogP contribution in [-0.2, 0) is 52.3 Å². The number of rotatable bonds is 12. The Morgan fingerprint density at radius 1 is 1.02 bits per heavy atom. The smallest absolute Gasteiger partial charge is 0.335 e. The molecule has 61 heavy (non-hydrogen) atoms. The molecule has 3 aromatic heterocycles. The molecule has 1 fully saturated rings. The third kappa shape index (κ3) is 8.34. The number of carbonyl (C=O) groups is 4. The number of fused-ring (bicyclic) bond motifs is 2. The highest BCUT2D eigenvalue weighted by Gasteiger charge is 2.40. The van der Waals surface area contributed by atoms with E-state index in [0.717, 1.165) is 9.13 Å². The fraction of sp³-hybridized carbons (Fsp3) is 0.263. The van der Waals surface area contributed by atoms with Crippen LogP contribution in [0.3, 0.4) is 0 Å². The molecule has 19 nitrogen and oxygen atoms in total. The molecule has 0 bridgehead atoms. The van der Waals surface area contributed by atoms with Crippen LogP contribution in [0.4, 0.5) is 24.5 Å². The Bertz CT molecular complexity index is 2990. The number of aryl methyl sites for hydroxylation is 1. The van der Waals surface area contributed by atoms with Gasteiger partial charge in [-0.15, -0.1) is 5.10 Å². The summed E-state index contributed by atoms with van der Waals surface area (Å²) in [4.78, 5) is 85.5. The maximum Gasteiger partial charge on any atom is 0.335 e. The quantitative estimate of drug-likeness (QED) is 0.0916. The van der Waals surface area contributed by atoms with E-state index in [1.165, 1.54) is 21.8 Å². The van der Waals surface area contributed by atoms with E-state index >= 15 is 0 Å². The number of benzene rings is 3. The van der Waals surface area contributed by atoms with E-state index in [4.69, 9.17) is 16.3 Å². The van der Waals surface area contributed by atoms with Crippen LogP contribution in [0.15, 0.2) is 69.4 Å². The highest BCUT2D eigenvalue weighted by Crippen LogP contribution is 2.32. The predicted molar refractivity (Wildman–Crippen MR) is 207 cm³/mol. The largest absolute Gasteiger partial charge is 0.370 e. The third-order valence-electron chi connectivity index (χ3n) is 9.97. The van der Waals surface area contributed by atoms with E-state index in [2.05, 4.69) is 36.0 Å². The summed E-state index contributed by atoms with van der Waals surface area (Å²) < 4.78 is 52.9. The Morgan fingerprint density at radius 3 is 2.62 bits per heavy atom. The van der Waals surface area contributed by atoms with E-state index in [1.807, 2.05) is 0 Å². The number of imide groups is 1. The molecule has 0 aliphatic carbocycles. The molecule has 1 atom stereocenters. The average Bonchev–Trinajstić information content (AvgIpc) is 3.91. The molecule has 314 valence electrons. The van der Waals surface area contributed by atoms with Crippen molar-refractivity contribution in [2.45, 2.75) is 45.1 Å². The summed E-state index contributed by atoms with van der Waals surface area (Å²) in [5.41, 5.74) is -0.697. The number of nitrogens with one attached hydrogen (secondary N) is 3. The topological polar surface area (TPSA) is 225 Å². The minimum Gasteiger partial charge on any atom is -0.370 e. The fourth-order valence-electron chi connectivity index (χ4n) is 7.03. The molecule has 6 aromatic rings. The Kier molecular flexibility index (Phi) is 10.9. The Hall–Kier alpha value is -7.20. The number of nitrogens with zero attached hydrogens (tertiary/aromatic N) is 9. The number of amides is 4. The van der Waals surface area contributed by atoms with Crippen LogP contribution in [0.5, 0.6) is 0 Å². The molecule has 8 rings (SSSR count). The van der Waals surface area contributed by atoms with Gasteiger partial charge in [0.1, 0.15) is 24.2 Å². The van der Waals surface area contributed by atoms with Gasteiger partial charge in [0, 0.05) is 60.0 Å². The Balaban J connectivity index is 0.942. The van der Waals surface area contributed by atoms with E-state index < -0.39 is 71.2 Å². The molecular weight excluding hydrogens is 829 g/mol. The monoisotopic (exact) mass is 860 g/mol. The SMILES string of the molecule is Cn1cc2cc(/N=c3\[nH]c(=O)n(Cc4cn(CCOCC(=O)Nc5cccc6c5CN(C5CCC(=O)NC5=O)C6=O)nn4)c(=O)n3Cc3cc(F)c(F)cc3F)c(Cl)cc2n1. The number of ether oxygens (including phenoxy) is 1. The highest BCUT2D eigenvalue weighted by molar-refractivity contribution is 6.33. The van der Waals surface area contributed by atoms with Gasteiger partial charge in [-0.05, 0) is 36.8 Å². The van der Waals surface area contributed by atoms with Crippen molar-refractivity contribution >= 4 is 57.5 Å². The van der Waals surface area contributed by atoms with Gasteiger partial charge < -0.3 is 15.0 Å². The average molecular weight is 861 g/mol. The van der Waals surface area contributed by atoms with E-state index in [9.17, 15) is 41.9 Å². The lowest BCUT2D eigenvalue weighted by atomic mass is 10.0. The van der Waals surface area contributed by atoms with Crippen LogP contribution < -0.4 is 27.6 Å². The van der Waals surface area contributed by atoms with Crippen molar-refractivity contribution in [1.29, 1.82) is 0 Å². The van der Waals surface area contributed by atoms with Gasteiger partial charge in [0.25, 0.3) is 5.91 Å². The molecular formula is C38H32ClF3N12O7. The van der Waals surface area contributed by atoms with Gasteiger partial charge in [-0.25, -0.2) is 37.0 Å². The standard InChI is InChI=1S/C38H32ClF3N12O7/c1-50-13-20-10-30(24(39)11-29(20)48-50)44-36-46-37(59)54(38(60)53(36)14-19-9-26(41)27(42)12-25(19)40)16-21-15-51(49-47-21)7-8-61-18-33(56)43-28-4-2-3-22-23(28)17-52(35(22)58)31-5-6-32(55)45-34(31)57/h2-4,9-13,15,31H,5-8,14,16-18H2,1H3,(H,43,56)(H,44,46,59)(H,45,55,57). The zero-order valence-corrected chi connectivity index (χ0v) is 32.6. The van der Waals surface area contributed by atoms with Crippen molar-refractivity contribution in [1.82, 2.24) is 49.1 Å². The second-order valence-electron chi connectivity index (χ2n) is 14.1. The maximum atomic E-state index is 14.9. The first-order valence-corrected chi connectivity index (χ1v) is 18.9. The number of hydrogen-bond acceptors (Lipinski definition) is 11. The number of halogens is 4. The van der Waals surface area contributed by atoms with Crippen LogP contribution in [0.2, 0.25) is 5.02 Å². The molecule has 1 saturated heterocycles. The number of anilines is 1. The summed E-state index contributed by atoms with van der Waals surface area (Å²) >= 11 is 6.45. The van der Waals surface area contributed by atoms with Crippen molar-refractivity contribution in [3.8, 4) is 0 Å². The lowest BCUT2D eigenvalue weighted by molar-refractivity contribution is -0.137. The van der Waals surface area contributed by atoms with Crippen molar-refractivity contribution in [2.75, 3.05) is 18.5 Å². The van der Waals surface area contributed by atoms with Crippen LogP contribution in [0.1, 0.15) is 40.0 Å². The van der Waals surface area contributed by atoms with Crippen LogP contribution in [0.25, 0.3) is 10.9 Å². The first kappa shape index (κ1) is 40.6. The van der Waals surface area contributed by atoms with E-state index in [-0.39, 0.29) is 67.1 Å². The van der Waals surface area contributed by atoms with Gasteiger partial charge in [-0.2, -0.15) is 5.10 Å². The second kappa shape index (κ2) is 16.5. The fourth-order valence-corrected chi connectivity index (χ4v) is 7.23. The Morgan fingerprint density at radius 2 is 1.82 bits per heavy atom. The molecule has 4 amide bonds. The number of H-pyrrole nitrogens is 1. The van der Waals surface area contributed by atoms with E-state index in [1.54, 1.807) is 42.2 Å². The molecule has 3 N–H and O–H groups in total. The molecule has 23 heteroatoms. The zero-order valence-electron chi connectivity index (χ0n) is 31.8. The number of piperidine rings is 1. The summed E-state index contributed by atoms with van der Waals surface area (Å²) in [5.74, 6) is -5.80. The molecule has 3 aromatic carbocycles. The molecule has 1 unspecified atom stereocenters. The van der Waals surface area contributed by atoms with Crippen molar-refractivity contribution in [2.24, 2.45) is 12.0 Å². The number of aromatic nitrogens is 8. The zero-order chi connectivity index (χ0) is 43.1. The Labute approximate surface area is 345 Å². The highest BCUT2D eigenvalue weighted by atomic mass is 35.5. The molecule has 2 aliphatic rings. The van der Waals surface area contributed by atoms with Crippen molar-refractivity contribution in [3.05, 3.63) is 126 Å². The molecule has 2 aliphatic heterocycles. The summed E-state index contributed by atoms with van der Waals surface area (Å²) in [6.45, 7) is -1.34. The molecule has 0 saturated carbocycles. The lowest BCUT2D eigenvalue weighted by Crippen LogP contribution is -2.52. The minimum absolute atomic E-state index is 0.0190. The van der Waals surface area contributed by atoms with E-state index in [0.29, 0.717) is 39.8 Å². The van der Waals surface area contributed by atoms with Gasteiger partial charge >= 0.3 is 11.4 Å². The minimum atomic E-state index is -1.43. The summed E-state index contributed by atoms with van der Waals surface area (Å²) in [5, 5.41) is 18.0. The second-order valence-corrected chi connectivity index (χ2v) is 14.6. The number of aromatic amines is 1. The molecule has 0 spiro atoms. The third-order valence-corrected chi connectivity index (χ3v) is 10.3. The van der Waals surface area contributed by atoms with Gasteiger partial charge in [-0.1, -0.05) is 22.9 Å². The number of carbonyl (C=O) groups excluding carboxylic acids is 4. The summed E-state index contributed by atoms with van der Waals surface area (Å²) in [6.07, 6.45) is 3.41. The first-order chi connectivity index (χ1) is 29.2. The van der Waals surface area contributed by atoms with Gasteiger partial charge in [-0.3, -0.25) is 38.7 Å². The summed E-state index contributed by atoms with van der Waals surface area (Å²) in [6, 6.07) is 8.02. The van der Waals surface area contributed by atoms with Gasteiger partial charge in [0.15, 0.2) is 11.6 Å². The van der Waals surface area contributed by atoms with Crippen molar-refractivity contribution in [3.63, 3.8) is 0 Å². The van der Waals surface area contributed by atoms with Crippen LogP contribution >= 0.6 is 11.6 Å². The normalized spacial score (nSPS) is 15.5. The molecule has 0 radical (unpaired) electrons. The van der Waals surface area contributed by atoms with Gasteiger partial charge in [0.05, 0.1) is 48.7 Å². The predicted octanol–water partition coefficient (Wildman–Crippen LogP) is 1.63. The number of hydrogen-bond donors (Lipinski definition) is 3. The van der Waals surface area contributed by atoms with Gasteiger partial charge in [0.2, 0.25) is 23.3 Å². The van der Waals surface area contributed by atoms with Crippen LogP contribution in [0, 0.1) is 17.5 Å². The molecule has 5 heterocycles.